The summed E-state index contributed by atoms with van der Waals surface area (Å²) < 4.78 is 0. The summed E-state index contributed by atoms with van der Waals surface area (Å²) in [6.45, 7) is 5.99. The van der Waals surface area contributed by atoms with Crippen LogP contribution in [-0.4, -0.2) is 16.9 Å². The first-order valence-electron chi connectivity index (χ1n) is 7.73. The van der Waals surface area contributed by atoms with E-state index >= 15 is 0 Å². The summed E-state index contributed by atoms with van der Waals surface area (Å²) >= 11 is 1.68. The van der Waals surface area contributed by atoms with E-state index < -0.39 is 0 Å². The minimum atomic E-state index is -0.0335. The van der Waals surface area contributed by atoms with E-state index in [0.29, 0.717) is 5.56 Å². The molecule has 1 aromatic carbocycles. The van der Waals surface area contributed by atoms with Crippen LogP contribution in [0.15, 0.2) is 41.1 Å². The number of amides is 1. The second kappa shape index (κ2) is 6.50. The van der Waals surface area contributed by atoms with Gasteiger partial charge in [0.2, 0.25) is 0 Å². The van der Waals surface area contributed by atoms with Crippen molar-refractivity contribution in [2.75, 3.05) is 0 Å². The molecule has 0 aliphatic carbocycles. The normalized spacial score (nSPS) is 12.3. The van der Waals surface area contributed by atoms with Crippen molar-refractivity contribution in [2.45, 2.75) is 33.2 Å². The Hall–Kier alpha value is -2.20. The average Bonchev–Trinajstić information content (AvgIpc) is 2.99. The van der Waals surface area contributed by atoms with Crippen LogP contribution in [0.5, 0.6) is 0 Å². The zero-order valence-electron chi connectivity index (χ0n) is 13.6. The van der Waals surface area contributed by atoms with E-state index in [1.807, 2.05) is 45.0 Å². The van der Waals surface area contributed by atoms with Crippen molar-refractivity contribution in [3.05, 3.63) is 63.5 Å². The van der Waals surface area contributed by atoms with E-state index in [-0.39, 0.29) is 11.9 Å². The molecule has 0 radical (unpaired) electrons. The number of nitrogens with zero attached hydrogens (tertiary/aromatic N) is 1. The maximum absolute atomic E-state index is 12.7. The summed E-state index contributed by atoms with van der Waals surface area (Å²) in [6, 6.07) is 10.1. The molecule has 0 fully saturated rings. The lowest BCUT2D eigenvalue weighted by molar-refractivity contribution is 0.0941. The molecule has 1 N–H and O–H groups in total. The first-order valence-corrected chi connectivity index (χ1v) is 8.67. The minimum absolute atomic E-state index is 0.0335. The Balaban J connectivity index is 1.86. The number of fused-ring (bicyclic) bond motifs is 1. The number of carbonyl (C=O) groups excluding carboxylic acids is 1. The Morgan fingerprint density at radius 1 is 1.26 bits per heavy atom. The Bertz CT molecular complexity index is 840. The van der Waals surface area contributed by atoms with Crippen molar-refractivity contribution >= 4 is 28.1 Å². The summed E-state index contributed by atoms with van der Waals surface area (Å²) in [5, 5.41) is 8.21. The van der Waals surface area contributed by atoms with Crippen molar-refractivity contribution in [2.24, 2.45) is 0 Å². The van der Waals surface area contributed by atoms with Gasteiger partial charge in [-0.2, -0.15) is 11.3 Å². The standard InChI is InChI=1S/C19H20N2OS/c1-12-4-5-18-16(8-12)17(10-14(3)20-18)19(22)21-13(2)9-15-6-7-23-11-15/h4-8,10-11,13H,9H2,1-3H3,(H,21,22). The van der Waals surface area contributed by atoms with Crippen LogP contribution in [0.4, 0.5) is 0 Å². The van der Waals surface area contributed by atoms with Gasteiger partial charge in [0, 0.05) is 17.1 Å². The quantitative estimate of drug-likeness (QED) is 0.778. The molecular weight excluding hydrogens is 304 g/mol. The van der Waals surface area contributed by atoms with E-state index in [9.17, 15) is 4.79 Å². The largest absolute Gasteiger partial charge is 0.349 e. The van der Waals surface area contributed by atoms with Gasteiger partial charge in [0.05, 0.1) is 11.1 Å². The number of hydrogen-bond donors (Lipinski definition) is 1. The highest BCUT2D eigenvalue weighted by molar-refractivity contribution is 7.07. The molecule has 118 valence electrons. The van der Waals surface area contributed by atoms with E-state index in [4.69, 9.17) is 0 Å². The third kappa shape index (κ3) is 3.59. The van der Waals surface area contributed by atoms with Crippen LogP contribution in [-0.2, 0) is 6.42 Å². The van der Waals surface area contributed by atoms with E-state index in [1.54, 1.807) is 11.3 Å². The predicted octanol–water partition coefficient (Wildman–Crippen LogP) is 4.27. The topological polar surface area (TPSA) is 42.0 Å². The molecule has 3 rings (SSSR count). The SMILES string of the molecule is Cc1ccc2nc(C)cc(C(=O)NC(C)Cc3ccsc3)c2c1. The third-order valence-electron chi connectivity index (χ3n) is 3.84. The monoisotopic (exact) mass is 324 g/mol. The Morgan fingerprint density at radius 2 is 2.09 bits per heavy atom. The predicted molar refractivity (Wildman–Crippen MR) is 96.2 cm³/mol. The Kier molecular flexibility index (Phi) is 4.44. The number of aryl methyl sites for hydroxylation is 2. The van der Waals surface area contributed by atoms with Gasteiger partial charge >= 0.3 is 0 Å². The first kappa shape index (κ1) is 15.7. The number of pyridine rings is 1. The molecule has 3 aromatic rings. The lowest BCUT2D eigenvalue weighted by Gasteiger charge is -2.15. The fourth-order valence-corrected chi connectivity index (χ4v) is 3.46. The molecule has 1 amide bonds. The van der Waals surface area contributed by atoms with Crippen LogP contribution in [0.3, 0.4) is 0 Å². The smallest absolute Gasteiger partial charge is 0.252 e. The molecule has 1 unspecified atom stereocenters. The minimum Gasteiger partial charge on any atom is -0.349 e. The summed E-state index contributed by atoms with van der Waals surface area (Å²) in [5.41, 5.74) is 4.81. The zero-order valence-corrected chi connectivity index (χ0v) is 14.4. The van der Waals surface area contributed by atoms with Crippen molar-refractivity contribution in [3.8, 4) is 0 Å². The molecule has 0 spiro atoms. The molecular formula is C19H20N2OS. The summed E-state index contributed by atoms with van der Waals surface area (Å²) in [4.78, 5) is 17.2. The molecule has 1 atom stereocenters. The molecule has 4 heteroatoms. The molecule has 0 bridgehead atoms. The fraction of sp³-hybridized carbons (Fsp3) is 0.263. The highest BCUT2D eigenvalue weighted by atomic mass is 32.1. The second-order valence-corrected chi connectivity index (χ2v) is 6.82. The fourth-order valence-electron chi connectivity index (χ4n) is 2.77. The molecule has 23 heavy (non-hydrogen) atoms. The maximum atomic E-state index is 12.7. The number of carbonyl (C=O) groups is 1. The van der Waals surface area contributed by atoms with Crippen LogP contribution in [0.25, 0.3) is 10.9 Å². The summed E-state index contributed by atoms with van der Waals surface area (Å²) in [6.07, 6.45) is 0.844. The number of hydrogen-bond acceptors (Lipinski definition) is 3. The van der Waals surface area contributed by atoms with Gasteiger partial charge in [0.25, 0.3) is 5.91 Å². The number of rotatable bonds is 4. The Morgan fingerprint density at radius 3 is 2.83 bits per heavy atom. The van der Waals surface area contributed by atoms with Crippen LogP contribution in [0.1, 0.15) is 34.1 Å². The van der Waals surface area contributed by atoms with Crippen LogP contribution >= 0.6 is 11.3 Å². The van der Waals surface area contributed by atoms with E-state index in [0.717, 1.165) is 28.6 Å². The van der Waals surface area contributed by atoms with E-state index in [1.165, 1.54) is 5.56 Å². The number of aromatic nitrogens is 1. The van der Waals surface area contributed by atoms with Crippen LogP contribution < -0.4 is 5.32 Å². The Labute approximate surface area is 140 Å². The zero-order chi connectivity index (χ0) is 16.4. The average molecular weight is 324 g/mol. The molecule has 3 nitrogen and oxygen atoms in total. The second-order valence-electron chi connectivity index (χ2n) is 6.04. The van der Waals surface area contributed by atoms with Gasteiger partial charge in [-0.1, -0.05) is 11.6 Å². The number of thiophene rings is 1. The van der Waals surface area contributed by atoms with Gasteiger partial charge in [-0.3, -0.25) is 9.78 Å². The molecule has 0 saturated carbocycles. The van der Waals surface area contributed by atoms with Crippen LogP contribution in [0.2, 0.25) is 0 Å². The lowest BCUT2D eigenvalue weighted by atomic mass is 10.0. The van der Waals surface area contributed by atoms with Gasteiger partial charge in [-0.05, 0) is 67.8 Å². The maximum Gasteiger partial charge on any atom is 0.252 e. The third-order valence-corrected chi connectivity index (χ3v) is 4.57. The highest BCUT2D eigenvalue weighted by Gasteiger charge is 2.15. The lowest BCUT2D eigenvalue weighted by Crippen LogP contribution is -2.34. The van der Waals surface area contributed by atoms with Crippen molar-refractivity contribution in [1.29, 1.82) is 0 Å². The summed E-state index contributed by atoms with van der Waals surface area (Å²) in [5.74, 6) is -0.0335. The van der Waals surface area contributed by atoms with E-state index in [2.05, 4.69) is 27.1 Å². The number of benzene rings is 1. The van der Waals surface area contributed by atoms with Gasteiger partial charge < -0.3 is 5.32 Å². The van der Waals surface area contributed by atoms with Crippen molar-refractivity contribution in [1.82, 2.24) is 10.3 Å². The van der Waals surface area contributed by atoms with Gasteiger partial charge in [-0.25, -0.2) is 0 Å². The molecule has 0 saturated heterocycles. The van der Waals surface area contributed by atoms with Crippen molar-refractivity contribution in [3.63, 3.8) is 0 Å². The molecule has 0 aliphatic rings. The number of nitrogens with one attached hydrogen (secondary N) is 1. The van der Waals surface area contributed by atoms with Gasteiger partial charge in [0.15, 0.2) is 0 Å². The van der Waals surface area contributed by atoms with Gasteiger partial charge in [-0.15, -0.1) is 0 Å². The highest BCUT2D eigenvalue weighted by Crippen LogP contribution is 2.20. The summed E-state index contributed by atoms with van der Waals surface area (Å²) in [7, 11) is 0. The van der Waals surface area contributed by atoms with Crippen LogP contribution in [0, 0.1) is 13.8 Å². The molecule has 2 aromatic heterocycles. The molecule has 2 heterocycles. The first-order chi connectivity index (χ1) is 11.0. The van der Waals surface area contributed by atoms with Crippen molar-refractivity contribution < 1.29 is 4.79 Å². The van der Waals surface area contributed by atoms with Gasteiger partial charge in [0.1, 0.15) is 0 Å². The molecule has 0 aliphatic heterocycles.